The number of hydrogen-bond acceptors (Lipinski definition) is 5. The molecule has 0 heterocycles. The Morgan fingerprint density at radius 2 is 0.771 bits per heavy atom. The third kappa shape index (κ3) is 37.2. The van der Waals surface area contributed by atoms with E-state index in [9.17, 15) is 14.7 Å². The zero-order chi connectivity index (χ0) is 35.0. The fourth-order valence-electron chi connectivity index (χ4n) is 6.01. The van der Waals surface area contributed by atoms with Crippen molar-refractivity contribution in [3.8, 4) is 0 Å². The molecule has 1 N–H and O–H groups in total. The second-order valence-corrected chi connectivity index (χ2v) is 14.1. The number of ether oxygens (including phenoxy) is 2. The molecule has 0 rings (SSSR count). The topological polar surface area (TPSA) is 72.8 Å². The van der Waals surface area contributed by atoms with Crippen LogP contribution in [-0.2, 0) is 19.1 Å². The van der Waals surface area contributed by atoms with E-state index in [2.05, 4.69) is 38.2 Å². The van der Waals surface area contributed by atoms with E-state index in [0.717, 1.165) is 44.9 Å². The van der Waals surface area contributed by atoms with E-state index in [1.165, 1.54) is 148 Å². The Bertz CT molecular complexity index is 731. The van der Waals surface area contributed by atoms with Gasteiger partial charge in [-0.1, -0.05) is 167 Å². The predicted molar refractivity (Wildman–Crippen MR) is 205 cm³/mol. The summed E-state index contributed by atoms with van der Waals surface area (Å²) in [6, 6.07) is 0. The average molecular weight is 677 g/mol. The third-order valence-corrected chi connectivity index (χ3v) is 9.22. The van der Waals surface area contributed by atoms with Crippen LogP contribution in [0.3, 0.4) is 0 Å². The van der Waals surface area contributed by atoms with Crippen molar-refractivity contribution in [3.63, 3.8) is 0 Å². The van der Waals surface area contributed by atoms with Crippen molar-refractivity contribution in [1.82, 2.24) is 0 Å². The first-order valence-electron chi connectivity index (χ1n) is 20.9. The molecule has 0 spiro atoms. The Kier molecular flexibility index (Phi) is 38.5. The summed E-state index contributed by atoms with van der Waals surface area (Å²) in [7, 11) is 0. The fraction of sp³-hybridized carbons (Fsp3) is 0.860. The second kappa shape index (κ2) is 39.8. The lowest BCUT2D eigenvalue weighted by Crippen LogP contribution is -2.28. The maximum Gasteiger partial charge on any atom is 0.306 e. The van der Waals surface area contributed by atoms with Gasteiger partial charge in [-0.05, 0) is 64.2 Å². The number of aliphatic hydroxyl groups excluding tert-OH is 1. The van der Waals surface area contributed by atoms with Gasteiger partial charge in [0, 0.05) is 12.8 Å². The Labute approximate surface area is 298 Å². The van der Waals surface area contributed by atoms with E-state index >= 15 is 0 Å². The van der Waals surface area contributed by atoms with Crippen LogP contribution in [0.25, 0.3) is 0 Å². The van der Waals surface area contributed by atoms with Gasteiger partial charge in [0.25, 0.3) is 0 Å². The van der Waals surface area contributed by atoms with Gasteiger partial charge in [0.15, 0.2) is 6.10 Å². The molecule has 0 aromatic rings. The normalized spacial score (nSPS) is 12.3. The van der Waals surface area contributed by atoms with Crippen molar-refractivity contribution >= 4 is 11.9 Å². The summed E-state index contributed by atoms with van der Waals surface area (Å²) in [5.74, 6) is -0.596. The molecule has 5 heteroatoms. The lowest BCUT2D eigenvalue weighted by atomic mass is 10.1. The molecule has 48 heavy (non-hydrogen) atoms. The minimum atomic E-state index is -0.772. The molecule has 0 fully saturated rings. The zero-order valence-electron chi connectivity index (χ0n) is 32.0. The first-order chi connectivity index (χ1) is 23.6. The van der Waals surface area contributed by atoms with Gasteiger partial charge >= 0.3 is 11.9 Å². The van der Waals surface area contributed by atoms with Gasteiger partial charge in [0.2, 0.25) is 0 Å². The van der Waals surface area contributed by atoms with Gasteiger partial charge in [-0.2, -0.15) is 0 Å². The molecule has 0 unspecified atom stereocenters. The van der Waals surface area contributed by atoms with E-state index in [0.29, 0.717) is 12.8 Å². The standard InChI is InChI=1S/C43H80O5/c1-3-5-7-9-11-13-15-17-19-20-21-22-24-25-27-29-31-33-35-37-42(45)47-40-41(39-44)48-43(46)38-36-34-32-30-28-26-23-18-16-14-12-10-8-6-4-2/h17-19,23,41,44H,3-16,20-22,24-40H2,1-2H3/b19-17-,23-18-/t41-/m0/s1. The molecule has 0 saturated heterocycles. The van der Waals surface area contributed by atoms with Crippen LogP contribution in [0, 0.1) is 0 Å². The van der Waals surface area contributed by atoms with E-state index in [4.69, 9.17) is 9.47 Å². The van der Waals surface area contributed by atoms with Gasteiger partial charge in [-0.3, -0.25) is 9.59 Å². The molecule has 0 bridgehead atoms. The van der Waals surface area contributed by atoms with Gasteiger partial charge in [0.05, 0.1) is 6.61 Å². The van der Waals surface area contributed by atoms with Crippen LogP contribution in [0.15, 0.2) is 24.3 Å². The lowest BCUT2D eigenvalue weighted by molar-refractivity contribution is -0.161. The number of carbonyl (C=O) groups is 2. The largest absolute Gasteiger partial charge is 0.462 e. The Morgan fingerprint density at radius 3 is 1.12 bits per heavy atom. The van der Waals surface area contributed by atoms with Crippen LogP contribution in [0.4, 0.5) is 0 Å². The average Bonchev–Trinajstić information content (AvgIpc) is 3.09. The molecule has 0 radical (unpaired) electrons. The molecular weight excluding hydrogens is 596 g/mol. The van der Waals surface area contributed by atoms with E-state index < -0.39 is 6.10 Å². The van der Waals surface area contributed by atoms with Crippen LogP contribution < -0.4 is 0 Å². The Hall–Kier alpha value is -1.62. The number of aliphatic hydroxyl groups is 1. The predicted octanol–water partition coefficient (Wildman–Crippen LogP) is 13.1. The zero-order valence-corrected chi connectivity index (χ0v) is 32.0. The van der Waals surface area contributed by atoms with Crippen LogP contribution in [0.2, 0.25) is 0 Å². The SMILES string of the molecule is CCCCCCCC/C=C\CCCCCCCCCCCC(=O)OC[C@H](CO)OC(=O)CCCCCCC/C=C\CCCCCCCC. The Morgan fingerprint density at radius 1 is 0.458 bits per heavy atom. The van der Waals surface area contributed by atoms with Crippen molar-refractivity contribution in [3.05, 3.63) is 24.3 Å². The summed E-state index contributed by atoms with van der Waals surface area (Å²) >= 11 is 0. The fourth-order valence-corrected chi connectivity index (χ4v) is 6.01. The molecule has 0 aromatic carbocycles. The molecular formula is C43H80O5. The highest BCUT2D eigenvalue weighted by Gasteiger charge is 2.16. The molecule has 0 aliphatic carbocycles. The van der Waals surface area contributed by atoms with Gasteiger partial charge in [-0.25, -0.2) is 0 Å². The first kappa shape index (κ1) is 46.4. The van der Waals surface area contributed by atoms with Crippen LogP contribution in [-0.4, -0.2) is 36.4 Å². The monoisotopic (exact) mass is 677 g/mol. The molecule has 0 saturated carbocycles. The van der Waals surface area contributed by atoms with Crippen LogP contribution in [0.1, 0.15) is 219 Å². The molecule has 0 aliphatic heterocycles. The number of rotatable bonds is 38. The number of carbonyl (C=O) groups excluding carboxylic acids is 2. The van der Waals surface area contributed by atoms with E-state index in [-0.39, 0.29) is 25.2 Å². The van der Waals surface area contributed by atoms with Crippen molar-refractivity contribution in [2.24, 2.45) is 0 Å². The highest BCUT2D eigenvalue weighted by Crippen LogP contribution is 2.14. The maximum absolute atomic E-state index is 12.2. The number of esters is 2. The molecule has 5 nitrogen and oxygen atoms in total. The third-order valence-electron chi connectivity index (χ3n) is 9.22. The Balaban J connectivity index is 3.53. The van der Waals surface area contributed by atoms with Crippen LogP contribution >= 0.6 is 0 Å². The summed E-state index contributed by atoms with van der Waals surface area (Å²) in [6.45, 7) is 4.13. The van der Waals surface area contributed by atoms with Crippen molar-refractivity contribution in [1.29, 1.82) is 0 Å². The van der Waals surface area contributed by atoms with E-state index in [1.54, 1.807) is 0 Å². The highest BCUT2D eigenvalue weighted by atomic mass is 16.6. The van der Waals surface area contributed by atoms with Crippen molar-refractivity contribution in [2.45, 2.75) is 225 Å². The van der Waals surface area contributed by atoms with Crippen LogP contribution in [0.5, 0.6) is 0 Å². The number of hydrogen-bond donors (Lipinski definition) is 1. The maximum atomic E-state index is 12.2. The van der Waals surface area contributed by atoms with Crippen molar-refractivity contribution in [2.75, 3.05) is 13.2 Å². The van der Waals surface area contributed by atoms with E-state index in [1.807, 2.05) is 0 Å². The smallest absolute Gasteiger partial charge is 0.306 e. The summed E-state index contributed by atoms with van der Waals surface area (Å²) < 4.78 is 10.6. The molecule has 0 aliphatic rings. The molecule has 1 atom stereocenters. The highest BCUT2D eigenvalue weighted by molar-refractivity contribution is 5.70. The minimum absolute atomic E-state index is 0.0671. The first-order valence-corrected chi connectivity index (χ1v) is 20.9. The molecule has 282 valence electrons. The van der Waals surface area contributed by atoms with Gasteiger partial charge < -0.3 is 14.6 Å². The van der Waals surface area contributed by atoms with Gasteiger partial charge in [0.1, 0.15) is 6.61 Å². The lowest BCUT2D eigenvalue weighted by Gasteiger charge is -2.15. The minimum Gasteiger partial charge on any atom is -0.462 e. The number of allylic oxidation sites excluding steroid dienone is 4. The van der Waals surface area contributed by atoms with Gasteiger partial charge in [-0.15, -0.1) is 0 Å². The summed E-state index contributed by atoms with van der Waals surface area (Å²) in [5.41, 5.74) is 0. The summed E-state index contributed by atoms with van der Waals surface area (Å²) in [5, 5.41) is 9.56. The van der Waals surface area contributed by atoms with Crippen molar-refractivity contribution < 1.29 is 24.2 Å². The summed E-state index contributed by atoms with van der Waals surface area (Å²) in [4.78, 5) is 24.3. The number of unbranched alkanes of at least 4 members (excludes halogenated alkanes) is 26. The second-order valence-electron chi connectivity index (χ2n) is 14.1. The molecule has 0 aromatic heterocycles. The quantitative estimate of drug-likeness (QED) is 0.0400. The molecule has 0 amide bonds. The summed E-state index contributed by atoms with van der Waals surface area (Å²) in [6.07, 6.45) is 46.7.